The lowest BCUT2D eigenvalue weighted by Crippen LogP contribution is -2.54. The third-order valence-electron chi connectivity index (χ3n) is 8.80. The number of hydrogen-bond acceptors (Lipinski definition) is 5. The van der Waals surface area contributed by atoms with E-state index >= 15 is 0 Å². The maximum atomic E-state index is 14.5. The molecule has 3 aromatic carbocycles. The van der Waals surface area contributed by atoms with Gasteiger partial charge < -0.3 is 24.2 Å². The van der Waals surface area contributed by atoms with E-state index in [0.29, 0.717) is 36.7 Å². The molecular formula is C32H35N3O4. The van der Waals surface area contributed by atoms with Gasteiger partial charge in [-0.15, -0.1) is 0 Å². The average Bonchev–Trinajstić information content (AvgIpc) is 2.98. The Morgan fingerprint density at radius 1 is 0.846 bits per heavy atom. The Bertz CT molecular complexity index is 1440. The summed E-state index contributed by atoms with van der Waals surface area (Å²) < 4.78 is 11.1. The van der Waals surface area contributed by atoms with Crippen molar-refractivity contribution in [3.05, 3.63) is 88.0 Å². The van der Waals surface area contributed by atoms with Gasteiger partial charge in [0.1, 0.15) is 0 Å². The number of carbonyl (C=O) groups excluding carboxylic acids is 2. The third-order valence-corrected chi connectivity index (χ3v) is 8.80. The molecule has 3 heterocycles. The zero-order valence-corrected chi connectivity index (χ0v) is 23.1. The van der Waals surface area contributed by atoms with Gasteiger partial charge in [-0.1, -0.05) is 36.4 Å². The van der Waals surface area contributed by atoms with Crippen LogP contribution in [-0.2, 0) is 11.2 Å². The fourth-order valence-electron chi connectivity index (χ4n) is 6.56. The van der Waals surface area contributed by atoms with Crippen LogP contribution >= 0.6 is 0 Å². The fourth-order valence-corrected chi connectivity index (χ4v) is 6.56. The number of methoxy groups -OCH3 is 2. The Morgan fingerprint density at radius 3 is 2.31 bits per heavy atom. The molecule has 7 heteroatoms. The molecule has 1 fully saturated rings. The van der Waals surface area contributed by atoms with Crippen molar-refractivity contribution in [2.24, 2.45) is 0 Å². The quantitative estimate of drug-likeness (QED) is 0.502. The highest BCUT2D eigenvalue weighted by Gasteiger charge is 2.48. The topological polar surface area (TPSA) is 62.3 Å². The number of aryl methyl sites for hydroxylation is 1. The molecule has 6 rings (SSSR count). The Labute approximate surface area is 229 Å². The average molecular weight is 526 g/mol. The van der Waals surface area contributed by atoms with Crippen LogP contribution in [0.2, 0.25) is 0 Å². The number of ether oxygens (including phenoxy) is 2. The van der Waals surface area contributed by atoms with E-state index in [-0.39, 0.29) is 17.9 Å². The van der Waals surface area contributed by atoms with E-state index in [1.165, 1.54) is 22.4 Å². The largest absolute Gasteiger partial charge is 0.493 e. The highest BCUT2D eigenvalue weighted by Crippen LogP contribution is 2.49. The molecule has 39 heavy (non-hydrogen) atoms. The maximum Gasteiger partial charge on any atom is 0.254 e. The molecule has 2 amide bonds. The first-order chi connectivity index (χ1) is 18.9. The predicted molar refractivity (Wildman–Crippen MR) is 151 cm³/mol. The fraction of sp³-hybridized carbons (Fsp3) is 0.375. The van der Waals surface area contributed by atoms with Gasteiger partial charge in [0.05, 0.1) is 26.2 Å². The second-order valence-electron chi connectivity index (χ2n) is 10.7. The number of piperazine rings is 1. The molecule has 3 aliphatic rings. The molecule has 7 nitrogen and oxygen atoms in total. The number of benzene rings is 3. The van der Waals surface area contributed by atoms with Crippen LogP contribution in [0.4, 0.5) is 5.69 Å². The Morgan fingerprint density at radius 2 is 1.56 bits per heavy atom. The summed E-state index contributed by atoms with van der Waals surface area (Å²) in [7, 11) is 3.15. The molecule has 1 saturated heterocycles. The molecule has 202 valence electrons. The van der Waals surface area contributed by atoms with Crippen molar-refractivity contribution < 1.29 is 19.1 Å². The molecule has 2 atom stereocenters. The molecule has 0 N–H and O–H groups in total. The van der Waals surface area contributed by atoms with Gasteiger partial charge in [0.25, 0.3) is 5.91 Å². The van der Waals surface area contributed by atoms with Gasteiger partial charge in [0.2, 0.25) is 5.91 Å². The molecular weight excluding hydrogens is 490 g/mol. The first-order valence-electron chi connectivity index (χ1n) is 13.7. The number of hydrogen-bond donors (Lipinski definition) is 0. The van der Waals surface area contributed by atoms with Crippen molar-refractivity contribution in [1.82, 2.24) is 9.80 Å². The molecule has 3 aromatic rings. The zero-order chi connectivity index (χ0) is 27.3. The minimum atomic E-state index is -0.522. The molecule has 0 unspecified atom stereocenters. The van der Waals surface area contributed by atoms with E-state index in [1.807, 2.05) is 28.0 Å². The number of carbonyl (C=O) groups is 2. The zero-order valence-electron chi connectivity index (χ0n) is 23.1. The second-order valence-corrected chi connectivity index (χ2v) is 10.7. The molecule has 3 aliphatic heterocycles. The number of fused-ring (bicyclic) bond motifs is 4. The van der Waals surface area contributed by atoms with Crippen LogP contribution in [0, 0.1) is 13.8 Å². The van der Waals surface area contributed by atoms with Crippen LogP contribution in [0.5, 0.6) is 11.5 Å². The van der Waals surface area contributed by atoms with Crippen LogP contribution < -0.4 is 14.4 Å². The molecule has 0 saturated carbocycles. The normalized spacial score (nSPS) is 20.2. The van der Waals surface area contributed by atoms with Gasteiger partial charge in [0.15, 0.2) is 11.5 Å². The van der Waals surface area contributed by atoms with E-state index in [0.717, 1.165) is 30.6 Å². The lowest BCUT2D eigenvalue weighted by molar-refractivity contribution is -0.135. The number of anilines is 1. The monoisotopic (exact) mass is 525 g/mol. The number of amides is 2. The summed E-state index contributed by atoms with van der Waals surface area (Å²) in [5, 5.41) is 0. The van der Waals surface area contributed by atoms with Gasteiger partial charge in [-0.2, -0.15) is 0 Å². The summed E-state index contributed by atoms with van der Waals surface area (Å²) in [6, 6.07) is 17.9. The second kappa shape index (κ2) is 9.95. The molecule has 0 aliphatic carbocycles. The molecule has 0 bridgehead atoms. The van der Waals surface area contributed by atoms with Crippen LogP contribution in [-0.4, -0.2) is 68.6 Å². The smallest absolute Gasteiger partial charge is 0.254 e. The highest BCUT2D eigenvalue weighted by atomic mass is 16.5. The van der Waals surface area contributed by atoms with Gasteiger partial charge in [-0.05, 0) is 66.3 Å². The first-order valence-corrected chi connectivity index (χ1v) is 13.7. The van der Waals surface area contributed by atoms with Gasteiger partial charge in [-0.25, -0.2) is 0 Å². The van der Waals surface area contributed by atoms with Gasteiger partial charge >= 0.3 is 0 Å². The summed E-state index contributed by atoms with van der Waals surface area (Å²) in [6.07, 6.45) is 0.774. The highest BCUT2D eigenvalue weighted by molar-refractivity contribution is 6.02. The Balaban J connectivity index is 1.38. The van der Waals surface area contributed by atoms with Crippen LogP contribution in [0.25, 0.3) is 0 Å². The first kappa shape index (κ1) is 25.3. The van der Waals surface area contributed by atoms with E-state index in [4.69, 9.17) is 9.47 Å². The SMILES string of the molecule is COc1cc2c(cc1OC)[C@@H](C(=O)N1CCN(c3cccc(C)c3C)CC1)[C@H]1c3ccccc3CCN1C2=O. The summed E-state index contributed by atoms with van der Waals surface area (Å²) in [6.45, 7) is 7.68. The summed E-state index contributed by atoms with van der Waals surface area (Å²) in [5.74, 6) is 0.497. The van der Waals surface area contributed by atoms with E-state index in [1.54, 1.807) is 20.3 Å². The lowest BCUT2D eigenvalue weighted by Gasteiger charge is -2.47. The number of rotatable bonds is 4. The van der Waals surface area contributed by atoms with E-state index in [9.17, 15) is 9.59 Å². The van der Waals surface area contributed by atoms with Crippen molar-refractivity contribution in [2.45, 2.75) is 32.2 Å². The minimum absolute atomic E-state index is 0.0586. The van der Waals surface area contributed by atoms with Crippen molar-refractivity contribution in [2.75, 3.05) is 51.8 Å². The molecule has 0 spiro atoms. The summed E-state index contributed by atoms with van der Waals surface area (Å²) >= 11 is 0. The predicted octanol–water partition coefficient (Wildman–Crippen LogP) is 4.51. The van der Waals surface area contributed by atoms with E-state index in [2.05, 4.69) is 49.1 Å². The Kier molecular flexibility index (Phi) is 6.45. The van der Waals surface area contributed by atoms with Gasteiger partial charge in [-0.3, -0.25) is 9.59 Å². The maximum absolute atomic E-state index is 14.5. The van der Waals surface area contributed by atoms with Crippen LogP contribution in [0.1, 0.15) is 50.1 Å². The van der Waals surface area contributed by atoms with Gasteiger partial charge in [0, 0.05) is 44.0 Å². The number of nitrogens with zero attached hydrogens (tertiary/aromatic N) is 3. The van der Waals surface area contributed by atoms with E-state index < -0.39 is 5.92 Å². The Hall–Kier alpha value is -4.00. The van der Waals surface area contributed by atoms with Crippen LogP contribution in [0.15, 0.2) is 54.6 Å². The van der Waals surface area contributed by atoms with Crippen LogP contribution in [0.3, 0.4) is 0 Å². The van der Waals surface area contributed by atoms with Crippen molar-refractivity contribution in [3.63, 3.8) is 0 Å². The summed E-state index contributed by atoms with van der Waals surface area (Å²) in [4.78, 5) is 34.6. The van der Waals surface area contributed by atoms with Crippen molar-refractivity contribution >= 4 is 17.5 Å². The van der Waals surface area contributed by atoms with Crippen molar-refractivity contribution in [1.29, 1.82) is 0 Å². The summed E-state index contributed by atoms with van der Waals surface area (Å²) in [5.41, 5.74) is 7.30. The molecule has 0 aromatic heterocycles. The molecule has 0 radical (unpaired) electrons. The standard InChI is InChI=1S/C32H35N3O4/c1-20-8-7-11-26(21(20)2)33-14-16-34(17-15-33)32(37)29-24-18-27(38-3)28(39-4)19-25(24)31(36)35-13-12-22-9-5-6-10-23(22)30(29)35/h5-11,18-19,29-30H,12-17H2,1-4H3/t29-,30-/m1/s1. The third kappa shape index (κ3) is 4.11. The minimum Gasteiger partial charge on any atom is -0.493 e. The lowest BCUT2D eigenvalue weighted by atomic mass is 9.75. The van der Waals surface area contributed by atoms with Crippen molar-refractivity contribution in [3.8, 4) is 11.5 Å².